The molecule has 0 aliphatic carbocycles. The SMILES string of the molecule is CC/C=C\C/C=C\C/C=C\C/C=C\C/C=C\C/C=C\C/C=C\C/C=C\C/C=C\CCCCCCCCCCCCCC(=O)NC(COC1OC(CO)C(OC2OC(CO)C(O)C(O)C2O)C(O)C1O)C(O)/C=C/CC/C=C/CCCCCC. The van der Waals surface area contributed by atoms with Gasteiger partial charge >= 0.3 is 0 Å². The van der Waals surface area contributed by atoms with Gasteiger partial charge in [0.2, 0.25) is 5.91 Å². The van der Waals surface area contributed by atoms with Crippen molar-refractivity contribution in [3.8, 4) is 0 Å². The Morgan fingerprint density at radius 2 is 0.843 bits per heavy atom. The van der Waals surface area contributed by atoms with Crippen molar-refractivity contribution < 1.29 is 64.6 Å². The van der Waals surface area contributed by atoms with Gasteiger partial charge in [-0.25, -0.2) is 0 Å². The number of amides is 1. The molecule has 2 heterocycles. The van der Waals surface area contributed by atoms with Crippen molar-refractivity contribution >= 4 is 5.91 Å². The maximum Gasteiger partial charge on any atom is 0.220 e. The van der Waals surface area contributed by atoms with Crippen molar-refractivity contribution in [2.24, 2.45) is 0 Å². The van der Waals surface area contributed by atoms with Crippen LogP contribution in [-0.2, 0) is 23.7 Å². The monoisotopic (exact) mass is 1160 g/mol. The Labute approximate surface area is 500 Å². The van der Waals surface area contributed by atoms with Gasteiger partial charge in [0.1, 0.15) is 48.8 Å². The summed E-state index contributed by atoms with van der Waals surface area (Å²) in [5.74, 6) is -0.261. The molecule has 0 aromatic rings. The van der Waals surface area contributed by atoms with E-state index < -0.39 is 86.8 Å². The highest BCUT2D eigenvalue weighted by Crippen LogP contribution is 2.30. The van der Waals surface area contributed by atoms with Crippen LogP contribution in [0.4, 0.5) is 0 Å². The number of nitrogens with one attached hydrogen (secondary N) is 1. The number of carbonyl (C=O) groups is 1. The van der Waals surface area contributed by atoms with Gasteiger partial charge in [0.25, 0.3) is 0 Å². The zero-order valence-electron chi connectivity index (χ0n) is 50.9. The maximum absolute atomic E-state index is 13.2. The minimum atomic E-state index is -1.80. The van der Waals surface area contributed by atoms with E-state index in [0.717, 1.165) is 103 Å². The van der Waals surface area contributed by atoms with E-state index in [1.54, 1.807) is 6.08 Å². The Bertz CT molecular complexity index is 1900. The van der Waals surface area contributed by atoms with E-state index in [2.05, 4.69) is 141 Å². The molecule has 2 fully saturated rings. The molecule has 14 nitrogen and oxygen atoms in total. The molecule has 9 N–H and O–H groups in total. The molecule has 0 aromatic heterocycles. The molecule has 0 radical (unpaired) electrons. The summed E-state index contributed by atoms with van der Waals surface area (Å²) in [6.07, 6.45) is 61.0. The minimum Gasteiger partial charge on any atom is -0.394 e. The zero-order valence-corrected chi connectivity index (χ0v) is 50.9. The molecular formula is C69H113NO13. The molecule has 472 valence electrons. The zero-order chi connectivity index (χ0) is 60.2. The van der Waals surface area contributed by atoms with Gasteiger partial charge in [0.05, 0.1) is 32.0 Å². The first kappa shape index (κ1) is 75.2. The lowest BCUT2D eigenvalue weighted by atomic mass is 9.97. The van der Waals surface area contributed by atoms with Crippen molar-refractivity contribution in [2.45, 2.75) is 274 Å². The molecule has 1 amide bonds. The first-order valence-corrected chi connectivity index (χ1v) is 31.9. The predicted molar refractivity (Wildman–Crippen MR) is 336 cm³/mol. The number of ether oxygens (including phenoxy) is 4. The number of unbranched alkanes of at least 4 members (excludes halogenated alkanes) is 16. The minimum absolute atomic E-state index is 0.261. The number of aliphatic hydroxyl groups excluding tert-OH is 8. The fourth-order valence-electron chi connectivity index (χ4n) is 9.47. The second-order valence-electron chi connectivity index (χ2n) is 21.8. The topological polar surface area (TPSA) is 228 Å². The van der Waals surface area contributed by atoms with Gasteiger partial charge in [-0.15, -0.1) is 0 Å². The Morgan fingerprint density at radius 3 is 1.33 bits per heavy atom. The fourth-order valence-corrected chi connectivity index (χ4v) is 9.47. The van der Waals surface area contributed by atoms with E-state index in [4.69, 9.17) is 18.9 Å². The molecule has 0 aromatic carbocycles. The smallest absolute Gasteiger partial charge is 0.220 e. The molecule has 2 rings (SSSR count). The lowest BCUT2D eigenvalue weighted by Crippen LogP contribution is -2.65. The molecule has 12 unspecified atom stereocenters. The molecular weight excluding hydrogens is 1050 g/mol. The lowest BCUT2D eigenvalue weighted by Gasteiger charge is -2.46. The number of rotatable bonds is 49. The van der Waals surface area contributed by atoms with Gasteiger partial charge in [0, 0.05) is 6.42 Å². The van der Waals surface area contributed by atoms with Crippen molar-refractivity contribution in [3.63, 3.8) is 0 Å². The van der Waals surface area contributed by atoms with E-state index in [1.165, 1.54) is 64.2 Å². The molecule has 2 saturated heterocycles. The molecule has 0 spiro atoms. The first-order chi connectivity index (χ1) is 40.6. The van der Waals surface area contributed by atoms with Crippen LogP contribution < -0.4 is 5.32 Å². The molecule has 12 atom stereocenters. The number of allylic oxidation sites excluding steroid dienone is 21. The molecule has 83 heavy (non-hydrogen) atoms. The predicted octanol–water partition coefficient (Wildman–Crippen LogP) is 11.9. The van der Waals surface area contributed by atoms with Crippen molar-refractivity contribution in [2.75, 3.05) is 19.8 Å². The second kappa shape index (κ2) is 52.5. The Balaban J connectivity index is 1.60. The standard InChI is InChI=1S/C69H113NO13/c1-3-5-7-9-11-13-15-16-17-18-19-20-21-22-23-24-25-26-27-28-29-30-31-32-33-34-35-36-37-38-39-40-41-42-43-45-47-49-51-53-61(74)70-57(58(73)52-50-48-46-44-14-12-10-8-6-4-2)56-80-68-66(79)64(77)67(60(55-72)82-68)83-69-65(78)63(76)62(75)59(54-71)81-69/h5,7,11,13-14,16-17,19-20,22-23,25-26,28-29,31-32,34-35,44,50,52,57-60,62-69,71-73,75-79H,3-4,6,8-10,12,15,18,21,24,27,30,33,36-43,45-49,51,53-56H2,1-2H3,(H,70,74)/b7-5-,13-11-,17-16-,20-19-,23-22-,26-25-,29-28-,32-31-,35-34-,44-14+,52-50+. The van der Waals surface area contributed by atoms with Gasteiger partial charge in [0.15, 0.2) is 12.6 Å². The van der Waals surface area contributed by atoms with Gasteiger partial charge in [-0.3, -0.25) is 4.79 Å². The van der Waals surface area contributed by atoms with Crippen LogP contribution >= 0.6 is 0 Å². The highest BCUT2D eigenvalue weighted by molar-refractivity contribution is 5.76. The third kappa shape index (κ3) is 37.3. The van der Waals surface area contributed by atoms with Crippen LogP contribution in [0.15, 0.2) is 134 Å². The Morgan fingerprint density at radius 1 is 0.446 bits per heavy atom. The van der Waals surface area contributed by atoms with E-state index >= 15 is 0 Å². The van der Waals surface area contributed by atoms with Crippen molar-refractivity contribution in [3.05, 3.63) is 134 Å². The number of hydrogen-bond acceptors (Lipinski definition) is 13. The van der Waals surface area contributed by atoms with E-state index in [-0.39, 0.29) is 18.9 Å². The van der Waals surface area contributed by atoms with E-state index in [9.17, 15) is 45.6 Å². The summed E-state index contributed by atoms with van der Waals surface area (Å²) in [6.45, 7) is 2.59. The Kier molecular flexibility index (Phi) is 47.5. The van der Waals surface area contributed by atoms with Crippen LogP contribution in [0, 0.1) is 0 Å². The number of carbonyl (C=O) groups excluding carboxylic acids is 1. The molecule has 2 aliphatic rings. The third-order valence-electron chi connectivity index (χ3n) is 14.6. The van der Waals surface area contributed by atoms with Crippen LogP contribution in [-0.4, -0.2) is 140 Å². The molecule has 2 aliphatic heterocycles. The van der Waals surface area contributed by atoms with Crippen LogP contribution in [0.25, 0.3) is 0 Å². The summed E-state index contributed by atoms with van der Waals surface area (Å²) in [7, 11) is 0. The average molecular weight is 1160 g/mol. The summed E-state index contributed by atoms with van der Waals surface area (Å²) in [5, 5.41) is 86.9. The summed E-state index contributed by atoms with van der Waals surface area (Å²) >= 11 is 0. The second-order valence-corrected chi connectivity index (χ2v) is 21.8. The van der Waals surface area contributed by atoms with Crippen molar-refractivity contribution in [1.82, 2.24) is 5.32 Å². The average Bonchev–Trinajstić information content (AvgIpc) is 3.47. The normalized spacial score (nSPS) is 24.7. The van der Waals surface area contributed by atoms with E-state index in [1.807, 2.05) is 6.08 Å². The van der Waals surface area contributed by atoms with E-state index in [0.29, 0.717) is 12.8 Å². The molecule has 0 bridgehead atoms. The summed E-state index contributed by atoms with van der Waals surface area (Å²) in [5.41, 5.74) is 0. The van der Waals surface area contributed by atoms with Gasteiger partial charge in [-0.05, 0) is 103 Å². The summed E-state index contributed by atoms with van der Waals surface area (Å²) in [6, 6.07) is -0.940. The van der Waals surface area contributed by atoms with Gasteiger partial charge in [-0.2, -0.15) is 0 Å². The first-order valence-electron chi connectivity index (χ1n) is 31.9. The van der Waals surface area contributed by atoms with Gasteiger partial charge in [-0.1, -0.05) is 225 Å². The summed E-state index contributed by atoms with van der Waals surface area (Å²) in [4.78, 5) is 13.2. The van der Waals surface area contributed by atoms with Crippen LogP contribution in [0.1, 0.15) is 200 Å². The lowest BCUT2D eigenvalue weighted by molar-refractivity contribution is -0.359. The number of aliphatic hydroxyl groups is 8. The molecule has 0 saturated carbocycles. The summed E-state index contributed by atoms with van der Waals surface area (Å²) < 4.78 is 22.7. The quantitative estimate of drug-likeness (QED) is 0.0204. The van der Waals surface area contributed by atoms with Crippen LogP contribution in [0.3, 0.4) is 0 Å². The van der Waals surface area contributed by atoms with Crippen molar-refractivity contribution in [1.29, 1.82) is 0 Å². The van der Waals surface area contributed by atoms with Crippen LogP contribution in [0.2, 0.25) is 0 Å². The fraction of sp³-hybridized carbons (Fsp3) is 0.667. The largest absolute Gasteiger partial charge is 0.394 e. The Hall–Kier alpha value is -3.87. The number of hydrogen-bond donors (Lipinski definition) is 9. The highest BCUT2D eigenvalue weighted by Gasteiger charge is 2.51. The van der Waals surface area contributed by atoms with Gasteiger partial charge < -0.3 is 65.1 Å². The third-order valence-corrected chi connectivity index (χ3v) is 14.6. The highest BCUT2D eigenvalue weighted by atomic mass is 16.7. The molecule has 14 heteroatoms. The maximum atomic E-state index is 13.2. The van der Waals surface area contributed by atoms with Crippen LogP contribution in [0.5, 0.6) is 0 Å².